The minimum atomic E-state index is 0.0724. The number of hydrogen-bond donors (Lipinski definition) is 0. The van der Waals surface area contributed by atoms with Gasteiger partial charge in [-0.2, -0.15) is 4.98 Å². The van der Waals surface area contributed by atoms with Crippen LogP contribution in [0.15, 0.2) is 46.3 Å². The number of aromatic nitrogens is 2. The van der Waals surface area contributed by atoms with Gasteiger partial charge in [-0.3, -0.25) is 4.79 Å². The summed E-state index contributed by atoms with van der Waals surface area (Å²) in [4.78, 5) is 20.5. The summed E-state index contributed by atoms with van der Waals surface area (Å²) in [5.74, 6) is 1.42. The van der Waals surface area contributed by atoms with E-state index in [1.54, 1.807) is 11.3 Å². The van der Waals surface area contributed by atoms with Gasteiger partial charge in [0, 0.05) is 18.7 Å². The molecule has 28 heavy (non-hydrogen) atoms. The molecule has 1 amide bonds. The average molecular weight is 396 g/mol. The summed E-state index contributed by atoms with van der Waals surface area (Å²) in [5, 5.41) is 6.11. The number of hydrogen-bond acceptors (Lipinski definition) is 5. The second-order valence-electron chi connectivity index (χ2n) is 8.35. The third kappa shape index (κ3) is 3.87. The van der Waals surface area contributed by atoms with Gasteiger partial charge in [0.2, 0.25) is 11.7 Å². The predicted molar refractivity (Wildman–Crippen MR) is 111 cm³/mol. The molecule has 1 aromatic carbocycles. The summed E-state index contributed by atoms with van der Waals surface area (Å²) in [6, 6.07) is 11.9. The molecule has 0 spiro atoms. The molecule has 3 heterocycles. The highest BCUT2D eigenvalue weighted by atomic mass is 32.1. The highest BCUT2D eigenvalue weighted by Gasteiger charge is 2.29. The molecule has 1 aliphatic rings. The van der Waals surface area contributed by atoms with Gasteiger partial charge in [0.05, 0.1) is 10.8 Å². The number of rotatable bonds is 3. The van der Waals surface area contributed by atoms with E-state index >= 15 is 0 Å². The smallest absolute Gasteiger partial charge is 0.253 e. The normalized spacial score (nSPS) is 17.7. The Morgan fingerprint density at radius 2 is 2.00 bits per heavy atom. The number of likely N-dealkylation sites (tertiary alicyclic amines) is 1. The molecule has 1 unspecified atom stereocenters. The Kier molecular flexibility index (Phi) is 5.06. The summed E-state index contributed by atoms with van der Waals surface area (Å²) < 4.78 is 5.52. The maximum absolute atomic E-state index is 13.0. The Balaban J connectivity index is 1.47. The van der Waals surface area contributed by atoms with Gasteiger partial charge in [-0.1, -0.05) is 44.1 Å². The molecule has 146 valence electrons. The van der Waals surface area contributed by atoms with Crippen LogP contribution in [0.5, 0.6) is 0 Å². The van der Waals surface area contributed by atoms with Crippen molar-refractivity contribution in [3.8, 4) is 10.7 Å². The van der Waals surface area contributed by atoms with Crippen LogP contribution in [0.4, 0.5) is 0 Å². The molecule has 4 rings (SSSR count). The molecule has 1 atom stereocenters. The molecule has 0 N–H and O–H groups in total. The first kappa shape index (κ1) is 18.9. The van der Waals surface area contributed by atoms with Crippen LogP contribution in [0.3, 0.4) is 0 Å². The lowest BCUT2D eigenvalue weighted by molar-refractivity contribution is 0.0695. The zero-order valence-corrected chi connectivity index (χ0v) is 17.3. The highest BCUT2D eigenvalue weighted by Crippen LogP contribution is 2.30. The zero-order chi connectivity index (χ0) is 19.7. The van der Waals surface area contributed by atoms with E-state index in [1.165, 1.54) is 5.56 Å². The van der Waals surface area contributed by atoms with Gasteiger partial charge < -0.3 is 9.42 Å². The van der Waals surface area contributed by atoms with Crippen molar-refractivity contribution in [2.75, 3.05) is 13.1 Å². The van der Waals surface area contributed by atoms with Gasteiger partial charge in [-0.05, 0) is 47.4 Å². The molecule has 0 saturated carbocycles. The van der Waals surface area contributed by atoms with E-state index in [0.29, 0.717) is 18.3 Å². The summed E-state index contributed by atoms with van der Waals surface area (Å²) in [5.41, 5.74) is 2.04. The zero-order valence-electron chi connectivity index (χ0n) is 16.5. The van der Waals surface area contributed by atoms with E-state index in [4.69, 9.17) is 4.52 Å². The van der Waals surface area contributed by atoms with Gasteiger partial charge in [0.25, 0.3) is 5.91 Å². The minimum absolute atomic E-state index is 0.0724. The first-order valence-electron chi connectivity index (χ1n) is 9.69. The van der Waals surface area contributed by atoms with Crippen LogP contribution in [-0.2, 0) is 5.41 Å². The largest absolute Gasteiger partial charge is 0.339 e. The third-order valence-corrected chi connectivity index (χ3v) is 6.10. The Bertz CT molecular complexity index is 939. The Morgan fingerprint density at radius 3 is 2.68 bits per heavy atom. The molecule has 0 bridgehead atoms. The van der Waals surface area contributed by atoms with Gasteiger partial charge in [-0.25, -0.2) is 0 Å². The Hall–Kier alpha value is -2.47. The number of nitrogens with zero attached hydrogens (tertiary/aromatic N) is 3. The molecule has 0 radical (unpaired) electrons. The van der Waals surface area contributed by atoms with E-state index in [1.807, 2.05) is 34.5 Å². The van der Waals surface area contributed by atoms with Crippen LogP contribution in [0, 0.1) is 0 Å². The molecule has 2 aromatic heterocycles. The SMILES string of the molecule is CC(C)(C)c1ccc(C(=O)N2CCCC(c3nc(-c4cccs4)no3)C2)cc1. The molecular formula is C22H25N3O2S. The van der Waals surface area contributed by atoms with Gasteiger partial charge >= 0.3 is 0 Å². The first-order valence-corrected chi connectivity index (χ1v) is 10.6. The predicted octanol–water partition coefficient (Wildman–Crippen LogP) is 5.12. The van der Waals surface area contributed by atoms with E-state index in [9.17, 15) is 4.79 Å². The number of benzene rings is 1. The van der Waals surface area contributed by atoms with Crippen molar-refractivity contribution in [3.63, 3.8) is 0 Å². The summed E-state index contributed by atoms with van der Waals surface area (Å²) >= 11 is 1.59. The molecule has 1 fully saturated rings. The Labute approximate surface area is 169 Å². The van der Waals surface area contributed by atoms with Gasteiger partial charge in [0.15, 0.2) is 0 Å². The number of carbonyl (C=O) groups excluding carboxylic acids is 1. The van der Waals surface area contributed by atoms with E-state index in [0.717, 1.165) is 29.8 Å². The number of piperidine rings is 1. The lowest BCUT2D eigenvalue weighted by Crippen LogP contribution is -2.39. The molecule has 0 aliphatic carbocycles. The third-order valence-electron chi connectivity index (χ3n) is 5.24. The first-order chi connectivity index (χ1) is 13.4. The number of amides is 1. The van der Waals surface area contributed by atoms with Crippen molar-refractivity contribution in [2.24, 2.45) is 0 Å². The van der Waals surface area contributed by atoms with Crippen LogP contribution in [-0.4, -0.2) is 34.0 Å². The van der Waals surface area contributed by atoms with Gasteiger partial charge in [0.1, 0.15) is 0 Å². The lowest BCUT2D eigenvalue weighted by atomic mass is 9.86. The molecule has 3 aromatic rings. The maximum atomic E-state index is 13.0. The van der Waals surface area contributed by atoms with Crippen LogP contribution >= 0.6 is 11.3 Å². The molecule has 6 heteroatoms. The highest BCUT2D eigenvalue weighted by molar-refractivity contribution is 7.13. The molecule has 1 saturated heterocycles. The molecule has 1 aliphatic heterocycles. The quantitative estimate of drug-likeness (QED) is 0.618. The second-order valence-corrected chi connectivity index (χ2v) is 9.30. The van der Waals surface area contributed by atoms with E-state index in [-0.39, 0.29) is 17.2 Å². The van der Waals surface area contributed by atoms with Crippen molar-refractivity contribution >= 4 is 17.2 Å². The van der Waals surface area contributed by atoms with Gasteiger partial charge in [-0.15, -0.1) is 11.3 Å². The van der Waals surface area contributed by atoms with E-state index < -0.39 is 0 Å². The van der Waals surface area contributed by atoms with Crippen molar-refractivity contribution in [1.29, 1.82) is 0 Å². The van der Waals surface area contributed by atoms with Crippen molar-refractivity contribution in [2.45, 2.75) is 44.9 Å². The van der Waals surface area contributed by atoms with Crippen molar-refractivity contribution < 1.29 is 9.32 Å². The number of carbonyl (C=O) groups is 1. The fourth-order valence-corrected chi connectivity index (χ4v) is 4.21. The monoisotopic (exact) mass is 395 g/mol. The van der Waals surface area contributed by atoms with Crippen LogP contribution in [0.2, 0.25) is 0 Å². The Morgan fingerprint density at radius 1 is 1.21 bits per heavy atom. The standard InChI is InChI=1S/C22H25N3O2S/c1-22(2,3)17-10-8-15(9-11-17)21(26)25-12-4-6-16(14-25)20-23-19(24-27-20)18-7-5-13-28-18/h5,7-11,13,16H,4,6,12,14H2,1-3H3. The van der Waals surface area contributed by atoms with E-state index in [2.05, 4.69) is 43.0 Å². The second kappa shape index (κ2) is 7.51. The lowest BCUT2D eigenvalue weighted by Gasteiger charge is -2.31. The molecular weight excluding hydrogens is 370 g/mol. The molecule has 5 nitrogen and oxygen atoms in total. The maximum Gasteiger partial charge on any atom is 0.253 e. The minimum Gasteiger partial charge on any atom is -0.339 e. The van der Waals surface area contributed by atoms with Crippen LogP contribution in [0.25, 0.3) is 10.7 Å². The van der Waals surface area contributed by atoms with Crippen molar-refractivity contribution in [1.82, 2.24) is 15.0 Å². The van der Waals surface area contributed by atoms with Crippen LogP contribution in [0.1, 0.15) is 61.3 Å². The fraction of sp³-hybridized carbons (Fsp3) is 0.409. The average Bonchev–Trinajstić information content (AvgIpc) is 3.38. The summed E-state index contributed by atoms with van der Waals surface area (Å²) in [6.45, 7) is 7.91. The van der Waals surface area contributed by atoms with Crippen molar-refractivity contribution in [3.05, 3.63) is 58.8 Å². The number of thiophene rings is 1. The fourth-order valence-electron chi connectivity index (χ4n) is 3.57. The van der Waals surface area contributed by atoms with Crippen LogP contribution < -0.4 is 0 Å². The summed E-state index contributed by atoms with van der Waals surface area (Å²) in [7, 11) is 0. The summed E-state index contributed by atoms with van der Waals surface area (Å²) in [6.07, 6.45) is 1.89. The topological polar surface area (TPSA) is 59.2 Å².